The first-order valence-corrected chi connectivity index (χ1v) is 4.68. The summed E-state index contributed by atoms with van der Waals surface area (Å²) in [4.78, 5) is 5.37. The first-order valence-electron chi connectivity index (χ1n) is 4.68. The summed E-state index contributed by atoms with van der Waals surface area (Å²) >= 11 is 0. The molecule has 1 fully saturated rings. The van der Waals surface area contributed by atoms with Gasteiger partial charge in [-0.3, -0.25) is 0 Å². The van der Waals surface area contributed by atoms with Crippen molar-refractivity contribution in [3.8, 4) is 0 Å². The number of hydrogen-bond acceptors (Lipinski definition) is 3. The Morgan fingerprint density at radius 2 is 1.50 bits per heavy atom. The summed E-state index contributed by atoms with van der Waals surface area (Å²) in [5.74, 6) is 0. The summed E-state index contributed by atoms with van der Waals surface area (Å²) < 4.78 is 5.27. The van der Waals surface area contributed by atoms with Gasteiger partial charge < -0.3 is 46.9 Å². The van der Waals surface area contributed by atoms with E-state index < -0.39 is 0 Å². The van der Waals surface area contributed by atoms with E-state index in [4.69, 9.17) is 10.1 Å². The first kappa shape index (κ1) is 23.0. The number of nitrogens with zero attached hydrogens (tertiary/aromatic N) is 3. The van der Waals surface area contributed by atoms with Crippen molar-refractivity contribution in [2.24, 2.45) is 0 Å². The molecule has 0 radical (unpaired) electrons. The third kappa shape index (κ3) is 6.18. The molecule has 1 aliphatic heterocycles. The standard InChI is InChI=1S/C10H12N3O.3ClH.Zn/c11-12-9-1-3-10(4-2-9)13-5-7-14-8-6-13;;;;/h1-4H,5-8H2;3*1H;/q+1;;;;+2/p-3. The van der Waals surface area contributed by atoms with Crippen LogP contribution < -0.4 is 42.1 Å². The maximum atomic E-state index is 8.53. The molecule has 2 rings (SSSR count). The zero-order valence-electron chi connectivity index (χ0n) is 9.73. The maximum Gasteiger partial charge on any atom is 2.00 e. The first-order chi connectivity index (χ1) is 6.90. The van der Waals surface area contributed by atoms with Gasteiger partial charge in [0, 0.05) is 30.9 Å². The van der Waals surface area contributed by atoms with Crippen LogP contribution in [0.25, 0.3) is 4.98 Å². The van der Waals surface area contributed by atoms with Gasteiger partial charge in [0.2, 0.25) is 5.39 Å². The molecular formula is C10H12Cl3N3OZn. The average molecular weight is 362 g/mol. The van der Waals surface area contributed by atoms with Crippen molar-refractivity contribution in [1.82, 2.24) is 0 Å². The molecule has 8 heteroatoms. The molecule has 1 aromatic carbocycles. The predicted molar refractivity (Wildman–Crippen MR) is 54.2 cm³/mol. The second kappa shape index (κ2) is 12.0. The fraction of sp³-hybridized carbons (Fsp3) is 0.400. The Labute approximate surface area is 138 Å². The predicted octanol–water partition coefficient (Wildman–Crippen LogP) is -6.98. The van der Waals surface area contributed by atoms with Gasteiger partial charge in [-0.1, -0.05) is 0 Å². The number of diazo groups is 1. The van der Waals surface area contributed by atoms with Gasteiger partial charge in [0.05, 0.1) is 13.2 Å². The molecule has 96 valence electrons. The largest absolute Gasteiger partial charge is 2.00 e. The van der Waals surface area contributed by atoms with Crippen LogP contribution in [-0.2, 0) is 24.2 Å². The molecule has 18 heavy (non-hydrogen) atoms. The number of benzene rings is 1. The Morgan fingerprint density at radius 3 is 1.94 bits per heavy atom. The molecule has 0 unspecified atom stereocenters. The van der Waals surface area contributed by atoms with Crippen LogP contribution in [0.2, 0.25) is 0 Å². The molecule has 1 heterocycles. The van der Waals surface area contributed by atoms with Crippen molar-refractivity contribution in [2.45, 2.75) is 0 Å². The SMILES string of the molecule is N#[N+]c1ccc(N2CCOCC2)cc1.[Cl-].[Cl-].[Cl-].[Zn+2]. The molecule has 4 nitrogen and oxygen atoms in total. The van der Waals surface area contributed by atoms with E-state index in [-0.39, 0.29) is 56.7 Å². The molecule has 1 saturated heterocycles. The molecule has 1 aliphatic rings. The Bertz CT molecular complexity index is 352. The molecule has 0 aliphatic carbocycles. The second-order valence-corrected chi connectivity index (χ2v) is 3.22. The topological polar surface area (TPSA) is 40.6 Å². The van der Waals surface area contributed by atoms with E-state index in [9.17, 15) is 0 Å². The van der Waals surface area contributed by atoms with E-state index in [1.165, 1.54) is 0 Å². The molecule has 0 saturated carbocycles. The number of hydrogen-bond donors (Lipinski definition) is 0. The normalized spacial score (nSPS) is 12.7. The van der Waals surface area contributed by atoms with Gasteiger partial charge in [-0.05, 0) is 12.1 Å². The molecule has 0 atom stereocenters. The average Bonchev–Trinajstić information content (AvgIpc) is 2.30. The van der Waals surface area contributed by atoms with E-state index in [1.807, 2.05) is 12.1 Å². The smallest absolute Gasteiger partial charge is 1.00 e. The van der Waals surface area contributed by atoms with Crippen molar-refractivity contribution in [3.63, 3.8) is 0 Å². The number of anilines is 1. The minimum Gasteiger partial charge on any atom is -1.00 e. The van der Waals surface area contributed by atoms with Crippen LogP contribution in [0.4, 0.5) is 11.4 Å². The molecule has 0 amide bonds. The minimum absolute atomic E-state index is 0. The quantitative estimate of drug-likeness (QED) is 0.369. The van der Waals surface area contributed by atoms with Crippen LogP contribution in [0, 0.1) is 5.39 Å². The van der Waals surface area contributed by atoms with Crippen LogP contribution in [0.3, 0.4) is 0 Å². The summed E-state index contributed by atoms with van der Waals surface area (Å²) in [5.41, 5.74) is 1.74. The van der Waals surface area contributed by atoms with E-state index in [0.717, 1.165) is 32.0 Å². The Hall–Kier alpha value is -0.107. The molecule has 0 spiro atoms. The number of halogens is 3. The number of rotatable bonds is 1. The number of morpholine rings is 1. The molecule has 0 N–H and O–H groups in total. The van der Waals surface area contributed by atoms with Crippen LogP contribution in [0.1, 0.15) is 0 Å². The second-order valence-electron chi connectivity index (χ2n) is 3.22. The zero-order chi connectivity index (χ0) is 9.80. The van der Waals surface area contributed by atoms with Crippen molar-refractivity contribution < 1.29 is 61.4 Å². The van der Waals surface area contributed by atoms with Gasteiger partial charge >= 0.3 is 25.2 Å². The van der Waals surface area contributed by atoms with Crippen LogP contribution in [0.5, 0.6) is 0 Å². The Kier molecular flexibility index (Phi) is 15.3. The molecule has 0 aromatic heterocycles. The molecule has 1 aromatic rings. The van der Waals surface area contributed by atoms with Gasteiger partial charge in [0.15, 0.2) is 4.98 Å². The Balaban J connectivity index is -0.000000562. The minimum atomic E-state index is 0. The van der Waals surface area contributed by atoms with Gasteiger partial charge in [-0.15, -0.1) is 0 Å². The van der Waals surface area contributed by atoms with Gasteiger partial charge in [0.25, 0.3) is 0 Å². The van der Waals surface area contributed by atoms with E-state index in [0.29, 0.717) is 5.69 Å². The number of ether oxygens (including phenoxy) is 1. The van der Waals surface area contributed by atoms with E-state index in [1.54, 1.807) is 12.1 Å². The summed E-state index contributed by atoms with van der Waals surface area (Å²) in [7, 11) is 0. The van der Waals surface area contributed by atoms with Crippen molar-refractivity contribution in [3.05, 3.63) is 29.2 Å². The van der Waals surface area contributed by atoms with Gasteiger partial charge in [-0.2, -0.15) is 0 Å². The summed E-state index contributed by atoms with van der Waals surface area (Å²) in [6.07, 6.45) is 0. The fourth-order valence-corrected chi connectivity index (χ4v) is 1.55. The fourth-order valence-electron chi connectivity index (χ4n) is 1.55. The van der Waals surface area contributed by atoms with Gasteiger partial charge in [-0.25, -0.2) is 0 Å². The molecular weight excluding hydrogens is 350 g/mol. The van der Waals surface area contributed by atoms with Crippen LogP contribution in [-0.4, -0.2) is 26.3 Å². The third-order valence-electron chi connectivity index (χ3n) is 2.34. The summed E-state index contributed by atoms with van der Waals surface area (Å²) in [6.45, 7) is 3.42. The summed E-state index contributed by atoms with van der Waals surface area (Å²) in [5, 5.41) is 8.53. The van der Waals surface area contributed by atoms with Gasteiger partial charge in [0.1, 0.15) is 0 Å². The van der Waals surface area contributed by atoms with Crippen molar-refractivity contribution in [2.75, 3.05) is 31.2 Å². The van der Waals surface area contributed by atoms with Crippen LogP contribution in [0.15, 0.2) is 24.3 Å². The van der Waals surface area contributed by atoms with E-state index in [2.05, 4.69) is 9.88 Å². The van der Waals surface area contributed by atoms with Crippen molar-refractivity contribution >= 4 is 11.4 Å². The molecule has 0 bridgehead atoms. The maximum absolute atomic E-state index is 8.53. The van der Waals surface area contributed by atoms with Crippen molar-refractivity contribution in [1.29, 1.82) is 5.39 Å². The van der Waals surface area contributed by atoms with Crippen LogP contribution >= 0.6 is 0 Å². The third-order valence-corrected chi connectivity index (χ3v) is 2.34. The summed E-state index contributed by atoms with van der Waals surface area (Å²) in [6, 6.07) is 7.51. The Morgan fingerprint density at radius 1 is 1.00 bits per heavy atom. The van der Waals surface area contributed by atoms with E-state index >= 15 is 0 Å². The zero-order valence-corrected chi connectivity index (χ0v) is 15.0. The monoisotopic (exact) mass is 359 g/mol.